The Hall–Kier alpha value is -1.82. The van der Waals surface area contributed by atoms with Gasteiger partial charge in [-0.3, -0.25) is 0 Å². The lowest BCUT2D eigenvalue weighted by Crippen LogP contribution is -2.41. The van der Waals surface area contributed by atoms with Crippen LogP contribution in [0.2, 0.25) is 0 Å². The molecule has 3 rings (SSSR count). The molecule has 120 valence electrons. The van der Waals surface area contributed by atoms with Gasteiger partial charge in [-0.2, -0.15) is 0 Å². The zero-order chi connectivity index (χ0) is 16.4. The summed E-state index contributed by atoms with van der Waals surface area (Å²) in [6.07, 6.45) is 5.39. The molecule has 5 heteroatoms. The maximum Gasteiger partial charge on any atom is 0.176 e. The highest BCUT2D eigenvalue weighted by atomic mass is 32.2. The Labute approximate surface area is 140 Å². The molecule has 0 saturated carbocycles. The van der Waals surface area contributed by atoms with Crippen LogP contribution in [0.3, 0.4) is 0 Å². The number of rotatable bonds is 4. The number of hydrogen-bond acceptors (Lipinski definition) is 4. The van der Waals surface area contributed by atoms with Gasteiger partial charge in [0.05, 0.1) is 17.3 Å². The van der Waals surface area contributed by atoms with E-state index in [0.717, 1.165) is 11.1 Å². The van der Waals surface area contributed by atoms with Gasteiger partial charge in [-0.25, -0.2) is 4.57 Å². The molecule has 2 N–H and O–H groups in total. The van der Waals surface area contributed by atoms with E-state index in [2.05, 4.69) is 49.2 Å². The number of aliphatic hydroxyl groups excluding tert-OH is 2. The molecule has 4 nitrogen and oxygen atoms in total. The molecule has 2 aromatic rings. The molecule has 0 amide bonds. The average Bonchev–Trinajstić information content (AvgIpc) is 2.86. The number of pyridine rings is 1. The zero-order valence-electron chi connectivity index (χ0n) is 13.3. The monoisotopic (exact) mass is 329 g/mol. The molecule has 0 spiro atoms. The first-order valence-corrected chi connectivity index (χ1v) is 8.41. The van der Waals surface area contributed by atoms with E-state index in [9.17, 15) is 5.11 Å². The van der Waals surface area contributed by atoms with Crippen molar-refractivity contribution in [1.82, 2.24) is 0 Å². The topological polar surface area (TPSA) is 47.6 Å². The normalized spacial score (nSPS) is 16.7. The van der Waals surface area contributed by atoms with Crippen LogP contribution in [0.15, 0.2) is 52.7 Å². The van der Waals surface area contributed by atoms with Crippen molar-refractivity contribution in [3.05, 3.63) is 58.9 Å². The number of hydrogen-bond donors (Lipinski definition) is 2. The van der Waals surface area contributed by atoms with Gasteiger partial charge in [-0.1, -0.05) is 23.9 Å². The van der Waals surface area contributed by atoms with Crippen LogP contribution in [-0.4, -0.2) is 30.0 Å². The Balaban J connectivity index is 1.84. The minimum atomic E-state index is -0.727. The molecule has 0 bridgehead atoms. The number of fused-ring (bicyclic) bond motifs is 1. The third kappa shape index (κ3) is 3.42. The largest absolute Gasteiger partial charge is 0.393 e. The molecule has 0 fully saturated rings. The Morgan fingerprint density at radius 2 is 2.09 bits per heavy atom. The first kappa shape index (κ1) is 16.1. The van der Waals surface area contributed by atoms with E-state index < -0.39 is 6.10 Å². The number of nitrogens with zero attached hydrogens (tertiary/aromatic N) is 2. The summed E-state index contributed by atoms with van der Waals surface area (Å²) in [4.78, 5) is 3.48. The first-order chi connectivity index (χ1) is 11.1. The van der Waals surface area contributed by atoms with Crippen LogP contribution in [0.1, 0.15) is 11.1 Å². The Bertz CT molecular complexity index is 746. The fraction of sp³-hybridized carbons (Fsp3) is 0.278. The second kappa shape index (κ2) is 6.74. The van der Waals surface area contributed by atoms with E-state index in [1.165, 1.54) is 15.6 Å². The summed E-state index contributed by atoms with van der Waals surface area (Å²) in [5, 5.41) is 19.7. The van der Waals surface area contributed by atoms with Gasteiger partial charge >= 0.3 is 0 Å². The molecular weight excluding hydrogens is 308 g/mol. The van der Waals surface area contributed by atoms with Crippen molar-refractivity contribution in [2.24, 2.45) is 0 Å². The quantitative estimate of drug-likeness (QED) is 0.844. The second-order valence-electron chi connectivity index (χ2n) is 5.73. The molecule has 1 aromatic carbocycles. The fourth-order valence-electron chi connectivity index (χ4n) is 2.63. The summed E-state index contributed by atoms with van der Waals surface area (Å²) in [5.41, 5.74) is 3.52. The number of thioether (sulfide) groups is 1. The van der Waals surface area contributed by atoms with Gasteiger partial charge in [0.25, 0.3) is 0 Å². The molecule has 1 aliphatic rings. The third-order valence-electron chi connectivity index (χ3n) is 3.94. The van der Waals surface area contributed by atoms with Crippen molar-refractivity contribution in [3.8, 4) is 0 Å². The number of benzene rings is 1. The van der Waals surface area contributed by atoms with Crippen LogP contribution in [0, 0.1) is 6.92 Å². The van der Waals surface area contributed by atoms with Gasteiger partial charge in [0.2, 0.25) is 0 Å². The van der Waals surface area contributed by atoms with Gasteiger partial charge in [0.15, 0.2) is 18.9 Å². The lowest BCUT2D eigenvalue weighted by atomic mass is 10.1. The summed E-state index contributed by atoms with van der Waals surface area (Å²) in [7, 11) is 2.08. The maximum absolute atomic E-state index is 9.54. The third-order valence-corrected chi connectivity index (χ3v) is 5.11. The van der Waals surface area contributed by atoms with Crippen LogP contribution in [0.25, 0.3) is 6.08 Å². The summed E-state index contributed by atoms with van der Waals surface area (Å²) in [6, 6.07) is 10.4. The molecule has 1 aromatic heterocycles. The van der Waals surface area contributed by atoms with E-state index in [-0.39, 0.29) is 6.61 Å². The van der Waals surface area contributed by atoms with Gasteiger partial charge in [0, 0.05) is 23.6 Å². The second-order valence-corrected chi connectivity index (χ2v) is 6.79. The summed E-state index contributed by atoms with van der Waals surface area (Å²) >= 11 is 1.77. The Kier molecular flexibility index (Phi) is 4.71. The maximum atomic E-state index is 9.54. The van der Waals surface area contributed by atoms with Crippen LogP contribution in [0.4, 0.5) is 5.69 Å². The van der Waals surface area contributed by atoms with Crippen LogP contribution in [-0.2, 0) is 6.54 Å². The summed E-state index contributed by atoms with van der Waals surface area (Å²) in [6.45, 7) is 2.23. The van der Waals surface area contributed by atoms with E-state index in [1.807, 2.05) is 23.0 Å². The SMILES string of the molecule is Cc1c[n+](CC(O)CO)ccc1C=C1Sc2ccccc2N1C. The van der Waals surface area contributed by atoms with Gasteiger partial charge in [-0.15, -0.1) is 0 Å². The summed E-state index contributed by atoms with van der Waals surface area (Å²) < 4.78 is 1.90. The van der Waals surface area contributed by atoms with E-state index in [1.54, 1.807) is 11.8 Å². The molecule has 1 aliphatic heterocycles. The average molecular weight is 329 g/mol. The highest BCUT2D eigenvalue weighted by Gasteiger charge is 2.21. The lowest BCUT2D eigenvalue weighted by Gasteiger charge is -2.13. The number of aryl methyl sites for hydroxylation is 1. The molecule has 0 radical (unpaired) electrons. The number of para-hydroxylation sites is 1. The Morgan fingerprint density at radius 3 is 2.78 bits per heavy atom. The van der Waals surface area contributed by atoms with Gasteiger partial charge in [0.1, 0.15) is 6.10 Å². The van der Waals surface area contributed by atoms with Crippen molar-refractivity contribution in [1.29, 1.82) is 0 Å². The van der Waals surface area contributed by atoms with Crippen LogP contribution in [0.5, 0.6) is 0 Å². The molecule has 2 heterocycles. The Morgan fingerprint density at radius 1 is 1.30 bits per heavy atom. The van der Waals surface area contributed by atoms with Crippen molar-refractivity contribution < 1.29 is 14.8 Å². The predicted molar refractivity (Wildman–Crippen MR) is 93.1 cm³/mol. The highest BCUT2D eigenvalue weighted by Crippen LogP contribution is 2.45. The standard InChI is InChI=1S/C18H21N2O2S/c1-13-10-20(11-15(22)12-21)8-7-14(13)9-18-19(2)16-5-3-4-6-17(16)23-18/h3-10,15,21-22H,11-12H2,1-2H3/q+1. The number of aliphatic hydroxyl groups is 2. The smallest absolute Gasteiger partial charge is 0.176 e. The van der Waals surface area contributed by atoms with Crippen molar-refractivity contribution in [3.63, 3.8) is 0 Å². The highest BCUT2D eigenvalue weighted by molar-refractivity contribution is 8.03. The molecule has 1 atom stereocenters. The first-order valence-electron chi connectivity index (χ1n) is 7.59. The molecule has 0 saturated heterocycles. The number of aromatic nitrogens is 1. The van der Waals surface area contributed by atoms with E-state index >= 15 is 0 Å². The molecule has 0 aliphatic carbocycles. The van der Waals surface area contributed by atoms with Gasteiger partial charge < -0.3 is 15.1 Å². The van der Waals surface area contributed by atoms with Crippen molar-refractivity contribution in [2.75, 3.05) is 18.6 Å². The molecular formula is C18H21N2O2S+. The summed E-state index contributed by atoms with van der Waals surface area (Å²) in [5.74, 6) is 0. The predicted octanol–water partition coefficient (Wildman–Crippen LogP) is 2.18. The van der Waals surface area contributed by atoms with Gasteiger partial charge in [-0.05, 0) is 30.7 Å². The molecule has 1 unspecified atom stereocenters. The number of anilines is 1. The van der Waals surface area contributed by atoms with Crippen molar-refractivity contribution in [2.45, 2.75) is 24.5 Å². The van der Waals surface area contributed by atoms with E-state index in [0.29, 0.717) is 6.54 Å². The minimum Gasteiger partial charge on any atom is -0.393 e. The zero-order valence-corrected chi connectivity index (χ0v) is 14.1. The van der Waals surface area contributed by atoms with Crippen LogP contribution < -0.4 is 9.47 Å². The van der Waals surface area contributed by atoms with Crippen molar-refractivity contribution >= 4 is 23.5 Å². The molecule has 23 heavy (non-hydrogen) atoms. The fourth-order valence-corrected chi connectivity index (χ4v) is 3.73. The van der Waals surface area contributed by atoms with Crippen LogP contribution >= 0.6 is 11.8 Å². The lowest BCUT2D eigenvalue weighted by molar-refractivity contribution is -0.704. The van der Waals surface area contributed by atoms with E-state index in [4.69, 9.17) is 5.11 Å². The minimum absolute atomic E-state index is 0.225.